The molecule has 1 heterocycles. The van der Waals surface area contributed by atoms with Gasteiger partial charge in [-0.1, -0.05) is 30.3 Å². The fourth-order valence-electron chi connectivity index (χ4n) is 2.81. The molecule has 7 heteroatoms. The van der Waals surface area contributed by atoms with Crippen LogP contribution in [0.5, 0.6) is 0 Å². The number of aromatic nitrogens is 2. The molecule has 0 radical (unpaired) electrons. The Bertz CT molecular complexity index is 1070. The third-order valence-corrected chi connectivity index (χ3v) is 4.25. The van der Waals surface area contributed by atoms with Crippen LogP contribution in [0.2, 0.25) is 0 Å². The minimum atomic E-state index is -0.355. The van der Waals surface area contributed by atoms with Gasteiger partial charge in [0.25, 0.3) is 17.4 Å². The molecule has 0 unspecified atom stereocenters. The van der Waals surface area contributed by atoms with Gasteiger partial charge in [0, 0.05) is 32.1 Å². The van der Waals surface area contributed by atoms with Crippen LogP contribution in [-0.2, 0) is 6.54 Å². The summed E-state index contributed by atoms with van der Waals surface area (Å²) in [6.07, 6.45) is 0. The highest BCUT2D eigenvalue weighted by Crippen LogP contribution is 2.14. The Morgan fingerprint density at radius 3 is 2.26 bits per heavy atom. The highest BCUT2D eigenvalue weighted by Gasteiger charge is 2.16. The van der Waals surface area contributed by atoms with Gasteiger partial charge in [0.1, 0.15) is 0 Å². The molecule has 3 aromatic rings. The third kappa shape index (κ3) is 3.57. The molecule has 0 fully saturated rings. The van der Waals surface area contributed by atoms with E-state index in [4.69, 9.17) is 0 Å². The zero-order chi connectivity index (χ0) is 19.6. The van der Waals surface area contributed by atoms with E-state index in [1.165, 1.54) is 16.6 Å². The first kappa shape index (κ1) is 18.3. The molecule has 138 valence electrons. The van der Waals surface area contributed by atoms with Crippen LogP contribution in [0, 0.1) is 0 Å². The summed E-state index contributed by atoms with van der Waals surface area (Å²) in [7, 11) is 4.90. The monoisotopic (exact) mass is 364 g/mol. The number of benzene rings is 2. The number of hydrogen-bond donors (Lipinski definition) is 1. The molecule has 0 saturated heterocycles. The average molecular weight is 364 g/mol. The van der Waals surface area contributed by atoms with Crippen molar-refractivity contribution in [3.05, 3.63) is 75.7 Å². The van der Waals surface area contributed by atoms with E-state index in [0.717, 1.165) is 5.56 Å². The van der Waals surface area contributed by atoms with Crippen LogP contribution in [0.15, 0.2) is 53.3 Å². The van der Waals surface area contributed by atoms with Crippen molar-refractivity contribution in [2.24, 2.45) is 0 Å². The highest BCUT2D eigenvalue weighted by molar-refractivity contribution is 6.04. The van der Waals surface area contributed by atoms with Crippen LogP contribution < -0.4 is 10.9 Å². The summed E-state index contributed by atoms with van der Waals surface area (Å²) in [5.74, 6) is -0.448. The van der Waals surface area contributed by atoms with Gasteiger partial charge >= 0.3 is 0 Å². The van der Waals surface area contributed by atoms with Gasteiger partial charge in [-0.25, -0.2) is 4.68 Å². The number of nitrogens with zero attached hydrogens (tertiary/aromatic N) is 3. The van der Waals surface area contributed by atoms with Crippen LogP contribution >= 0.6 is 0 Å². The molecule has 0 atom stereocenters. The van der Waals surface area contributed by atoms with E-state index in [2.05, 4.69) is 10.4 Å². The van der Waals surface area contributed by atoms with Crippen molar-refractivity contribution in [1.82, 2.24) is 20.0 Å². The molecular weight excluding hydrogens is 344 g/mol. The Balaban J connectivity index is 2.02. The van der Waals surface area contributed by atoms with Gasteiger partial charge in [-0.15, -0.1) is 0 Å². The van der Waals surface area contributed by atoms with Crippen molar-refractivity contribution >= 4 is 22.6 Å². The first-order chi connectivity index (χ1) is 12.9. The predicted octanol–water partition coefficient (Wildman–Crippen LogP) is 1.51. The summed E-state index contributed by atoms with van der Waals surface area (Å²) < 4.78 is 1.27. The van der Waals surface area contributed by atoms with E-state index >= 15 is 0 Å². The summed E-state index contributed by atoms with van der Waals surface area (Å²) in [6.45, 7) is 0.199. The molecule has 3 rings (SSSR count). The van der Waals surface area contributed by atoms with Crippen molar-refractivity contribution < 1.29 is 9.59 Å². The summed E-state index contributed by atoms with van der Waals surface area (Å²) >= 11 is 0. The Labute approximate surface area is 156 Å². The maximum Gasteiger partial charge on any atom is 0.274 e. The predicted molar refractivity (Wildman–Crippen MR) is 103 cm³/mol. The summed E-state index contributed by atoms with van der Waals surface area (Å²) in [4.78, 5) is 38.4. The Hall–Kier alpha value is -3.48. The van der Waals surface area contributed by atoms with Crippen LogP contribution in [0.3, 0.4) is 0 Å². The number of hydrogen-bond acceptors (Lipinski definition) is 4. The quantitative estimate of drug-likeness (QED) is 0.760. The largest absolute Gasteiger partial charge is 0.354 e. The zero-order valence-corrected chi connectivity index (χ0v) is 15.4. The van der Waals surface area contributed by atoms with E-state index < -0.39 is 0 Å². The van der Waals surface area contributed by atoms with Crippen LogP contribution in [0.1, 0.15) is 26.4 Å². The van der Waals surface area contributed by atoms with Crippen molar-refractivity contribution in [3.8, 4) is 0 Å². The molecular formula is C20H20N4O3. The molecule has 0 saturated carbocycles. The fourth-order valence-corrected chi connectivity index (χ4v) is 2.81. The number of nitrogens with one attached hydrogen (secondary N) is 1. The highest BCUT2D eigenvalue weighted by atomic mass is 16.2. The SMILES string of the molecule is CNC(=O)c1nn(Cc2ccc(C(=O)N(C)C)cc2)c(=O)c2ccccc12. The molecule has 2 aromatic carbocycles. The van der Waals surface area contributed by atoms with E-state index in [1.807, 2.05) is 0 Å². The molecule has 0 spiro atoms. The molecule has 7 nitrogen and oxygen atoms in total. The lowest BCUT2D eigenvalue weighted by molar-refractivity contribution is 0.0827. The molecule has 1 N–H and O–H groups in total. The van der Waals surface area contributed by atoms with Crippen molar-refractivity contribution in [2.75, 3.05) is 21.1 Å². The van der Waals surface area contributed by atoms with E-state index in [0.29, 0.717) is 16.3 Å². The molecule has 0 aliphatic heterocycles. The van der Waals surface area contributed by atoms with E-state index in [-0.39, 0.29) is 29.6 Å². The third-order valence-electron chi connectivity index (χ3n) is 4.25. The van der Waals surface area contributed by atoms with Crippen molar-refractivity contribution in [2.45, 2.75) is 6.54 Å². The van der Waals surface area contributed by atoms with Gasteiger partial charge < -0.3 is 10.2 Å². The second kappa shape index (κ2) is 7.41. The van der Waals surface area contributed by atoms with Gasteiger partial charge in [0.05, 0.1) is 11.9 Å². The van der Waals surface area contributed by atoms with Gasteiger partial charge in [0.15, 0.2) is 5.69 Å². The number of amides is 2. The van der Waals surface area contributed by atoms with Crippen LogP contribution in [0.25, 0.3) is 10.8 Å². The summed E-state index contributed by atoms with van der Waals surface area (Å²) in [5, 5.41) is 7.78. The first-order valence-corrected chi connectivity index (χ1v) is 8.45. The van der Waals surface area contributed by atoms with Crippen molar-refractivity contribution in [1.29, 1.82) is 0 Å². The smallest absolute Gasteiger partial charge is 0.274 e. The lowest BCUT2D eigenvalue weighted by Crippen LogP contribution is -2.29. The Morgan fingerprint density at radius 2 is 1.67 bits per heavy atom. The maximum absolute atomic E-state index is 12.8. The van der Waals surface area contributed by atoms with Crippen molar-refractivity contribution in [3.63, 3.8) is 0 Å². The molecule has 0 bridgehead atoms. The van der Waals surface area contributed by atoms with Gasteiger partial charge in [0.2, 0.25) is 0 Å². The number of fused-ring (bicyclic) bond motifs is 1. The van der Waals surface area contributed by atoms with Crippen LogP contribution in [0.4, 0.5) is 0 Å². The molecule has 0 aliphatic carbocycles. The first-order valence-electron chi connectivity index (χ1n) is 8.45. The van der Waals surface area contributed by atoms with Gasteiger partial charge in [-0.2, -0.15) is 5.10 Å². The number of rotatable bonds is 4. The standard InChI is InChI=1S/C20H20N4O3/c1-21-18(25)17-15-6-4-5-7-16(15)20(27)24(22-17)12-13-8-10-14(11-9-13)19(26)23(2)3/h4-11H,12H2,1-3H3,(H,21,25). The molecule has 0 aliphatic rings. The molecule has 2 amide bonds. The molecule has 1 aromatic heterocycles. The van der Waals surface area contributed by atoms with E-state index in [1.54, 1.807) is 62.6 Å². The Morgan fingerprint density at radius 1 is 1.04 bits per heavy atom. The van der Waals surface area contributed by atoms with E-state index in [9.17, 15) is 14.4 Å². The zero-order valence-electron chi connectivity index (χ0n) is 15.4. The summed E-state index contributed by atoms with van der Waals surface area (Å²) in [5.41, 5.74) is 1.30. The number of carbonyl (C=O) groups is 2. The number of carbonyl (C=O) groups excluding carboxylic acids is 2. The van der Waals surface area contributed by atoms with Crippen LogP contribution in [-0.4, -0.2) is 47.6 Å². The minimum absolute atomic E-state index is 0.0931. The maximum atomic E-state index is 12.8. The fraction of sp³-hybridized carbons (Fsp3) is 0.200. The average Bonchev–Trinajstić information content (AvgIpc) is 2.69. The topological polar surface area (TPSA) is 84.3 Å². The molecule has 27 heavy (non-hydrogen) atoms. The van der Waals surface area contributed by atoms with Gasteiger partial charge in [-0.05, 0) is 23.8 Å². The second-order valence-electron chi connectivity index (χ2n) is 6.33. The second-order valence-corrected chi connectivity index (χ2v) is 6.33. The normalized spacial score (nSPS) is 10.6. The summed E-state index contributed by atoms with van der Waals surface area (Å²) in [6, 6.07) is 13.9. The lowest BCUT2D eigenvalue weighted by atomic mass is 10.1. The van der Waals surface area contributed by atoms with Gasteiger partial charge in [-0.3, -0.25) is 14.4 Å². The Kier molecular flexibility index (Phi) is 5.03. The lowest BCUT2D eigenvalue weighted by Gasteiger charge is -2.12. The minimum Gasteiger partial charge on any atom is -0.354 e.